The Kier molecular flexibility index (Phi) is 1.74. The van der Waals surface area contributed by atoms with Crippen molar-refractivity contribution in [1.29, 1.82) is 0 Å². The monoisotopic (exact) mass is 274 g/mol. The zero-order valence-corrected chi connectivity index (χ0v) is 10.9. The van der Waals surface area contributed by atoms with Gasteiger partial charge in [0, 0.05) is 10.8 Å². The van der Waals surface area contributed by atoms with Crippen LogP contribution < -0.4 is 4.74 Å². The number of ether oxygens (including phenoxy) is 1. The Morgan fingerprint density at radius 3 is 2.29 bits per heavy atom. The van der Waals surface area contributed by atoms with Gasteiger partial charge in [0.1, 0.15) is 0 Å². The van der Waals surface area contributed by atoms with Crippen molar-refractivity contribution in [3.63, 3.8) is 0 Å². The minimum Gasteiger partial charge on any atom is -0.504 e. The van der Waals surface area contributed by atoms with Crippen LogP contribution in [0.1, 0.15) is 0 Å². The van der Waals surface area contributed by atoms with Crippen LogP contribution in [0.3, 0.4) is 0 Å². The number of phenols is 2. The van der Waals surface area contributed by atoms with Crippen LogP contribution in [0, 0.1) is 0 Å². The molecule has 0 bridgehead atoms. The highest BCUT2D eigenvalue weighted by Crippen LogP contribution is 2.62. The standard InChI is InChI=1S/C18H10O3/c19-15-13-8-7-11-10-4-2-1-3-9(10)5-6-12(11)14(13)17-18(21-17)16(15)20/h1-8,19-20H. The van der Waals surface area contributed by atoms with Gasteiger partial charge in [0.15, 0.2) is 11.5 Å². The molecule has 100 valence electrons. The first kappa shape index (κ1) is 10.8. The Bertz CT molecular complexity index is 1080. The van der Waals surface area contributed by atoms with Gasteiger partial charge in [-0.2, -0.15) is 0 Å². The maximum absolute atomic E-state index is 10.1. The van der Waals surface area contributed by atoms with Crippen LogP contribution in [0.25, 0.3) is 32.3 Å². The molecule has 1 aliphatic heterocycles. The molecular weight excluding hydrogens is 264 g/mol. The van der Waals surface area contributed by atoms with Crippen molar-refractivity contribution in [2.45, 2.75) is 0 Å². The number of rotatable bonds is 0. The molecule has 0 saturated carbocycles. The minimum absolute atomic E-state index is 0.115. The lowest BCUT2D eigenvalue weighted by Gasteiger charge is -2.07. The molecule has 0 atom stereocenters. The van der Waals surface area contributed by atoms with E-state index >= 15 is 0 Å². The van der Waals surface area contributed by atoms with E-state index in [1.807, 2.05) is 30.3 Å². The Labute approximate surface area is 119 Å². The third-order valence-electron chi connectivity index (χ3n) is 4.22. The number of benzene rings is 4. The number of fused-ring (bicyclic) bond motifs is 7. The molecule has 0 radical (unpaired) electrons. The van der Waals surface area contributed by atoms with Crippen molar-refractivity contribution in [2.75, 3.05) is 0 Å². The molecule has 1 aliphatic rings. The molecule has 0 amide bonds. The van der Waals surface area contributed by atoms with Gasteiger partial charge in [-0.05, 0) is 27.6 Å². The molecule has 3 heteroatoms. The van der Waals surface area contributed by atoms with Gasteiger partial charge in [-0.3, -0.25) is 0 Å². The Hall–Kier alpha value is -2.94. The summed E-state index contributed by atoms with van der Waals surface area (Å²) < 4.78 is 5.37. The highest BCUT2D eigenvalue weighted by Gasteiger charge is 2.33. The predicted molar refractivity (Wildman–Crippen MR) is 82.4 cm³/mol. The normalized spacial score (nSPS) is 12.6. The fraction of sp³-hybridized carbons (Fsp3) is 0. The lowest BCUT2D eigenvalue weighted by Crippen LogP contribution is -1.80. The van der Waals surface area contributed by atoms with E-state index in [4.69, 9.17) is 4.74 Å². The molecule has 4 aromatic carbocycles. The third kappa shape index (κ3) is 1.23. The second kappa shape index (κ2) is 3.38. The van der Waals surface area contributed by atoms with Gasteiger partial charge in [-0.15, -0.1) is 0 Å². The van der Waals surface area contributed by atoms with E-state index in [9.17, 15) is 10.2 Å². The Morgan fingerprint density at radius 1 is 0.619 bits per heavy atom. The lowest BCUT2D eigenvalue weighted by molar-refractivity contribution is 0.403. The highest BCUT2D eigenvalue weighted by atomic mass is 16.6. The highest BCUT2D eigenvalue weighted by molar-refractivity contribution is 6.22. The zero-order valence-electron chi connectivity index (χ0n) is 10.9. The predicted octanol–water partition coefficient (Wildman–Crippen LogP) is 4.66. The van der Waals surface area contributed by atoms with E-state index in [-0.39, 0.29) is 11.5 Å². The lowest BCUT2D eigenvalue weighted by atomic mass is 9.96. The van der Waals surface area contributed by atoms with Gasteiger partial charge >= 0.3 is 0 Å². The average molecular weight is 274 g/mol. The fourth-order valence-electron chi connectivity index (χ4n) is 3.16. The molecule has 5 rings (SSSR count). The van der Waals surface area contributed by atoms with Crippen molar-refractivity contribution in [3.8, 4) is 23.0 Å². The molecule has 0 aromatic heterocycles. The van der Waals surface area contributed by atoms with Gasteiger partial charge in [0.05, 0.1) is 0 Å². The van der Waals surface area contributed by atoms with Crippen LogP contribution in [0.2, 0.25) is 0 Å². The topological polar surface area (TPSA) is 53.0 Å². The molecule has 4 aromatic rings. The summed E-state index contributed by atoms with van der Waals surface area (Å²) in [6, 6.07) is 16.1. The molecule has 0 unspecified atom stereocenters. The number of hydrogen-bond acceptors (Lipinski definition) is 3. The summed E-state index contributed by atoms with van der Waals surface area (Å²) in [5.74, 6) is 0.774. The summed E-state index contributed by atoms with van der Waals surface area (Å²) in [6.45, 7) is 0. The second-order valence-corrected chi connectivity index (χ2v) is 5.33. The minimum atomic E-state index is -0.169. The van der Waals surface area contributed by atoms with Crippen LogP contribution in [-0.4, -0.2) is 10.2 Å². The molecule has 0 saturated heterocycles. The molecule has 0 aliphatic carbocycles. The SMILES string of the molecule is Oc1c2c(c3c(ccc4c5ccccc5ccc43)c1O)O2. The van der Waals surface area contributed by atoms with Crippen molar-refractivity contribution < 1.29 is 14.9 Å². The molecule has 0 spiro atoms. The smallest absolute Gasteiger partial charge is 0.216 e. The third-order valence-corrected chi connectivity index (χ3v) is 4.22. The van der Waals surface area contributed by atoms with Gasteiger partial charge in [-0.25, -0.2) is 0 Å². The van der Waals surface area contributed by atoms with Crippen molar-refractivity contribution >= 4 is 32.3 Å². The van der Waals surface area contributed by atoms with Crippen LogP contribution in [-0.2, 0) is 0 Å². The first-order chi connectivity index (χ1) is 10.3. The summed E-state index contributed by atoms with van der Waals surface area (Å²) in [6.07, 6.45) is 0. The van der Waals surface area contributed by atoms with Gasteiger partial charge < -0.3 is 14.9 Å². The first-order valence-corrected chi connectivity index (χ1v) is 6.75. The Balaban J connectivity index is 2.08. The summed E-state index contributed by atoms with van der Waals surface area (Å²) in [5, 5.41) is 25.9. The summed E-state index contributed by atoms with van der Waals surface area (Å²) in [5.41, 5.74) is 0. The van der Waals surface area contributed by atoms with Crippen molar-refractivity contribution in [1.82, 2.24) is 0 Å². The van der Waals surface area contributed by atoms with E-state index < -0.39 is 0 Å². The zero-order chi connectivity index (χ0) is 14.1. The number of hydrogen-bond donors (Lipinski definition) is 2. The van der Waals surface area contributed by atoms with Gasteiger partial charge in [-0.1, -0.05) is 42.5 Å². The molecule has 1 heterocycles. The summed E-state index contributed by atoms with van der Waals surface area (Å²) in [7, 11) is 0. The second-order valence-electron chi connectivity index (χ2n) is 5.33. The maximum Gasteiger partial charge on any atom is 0.216 e. The first-order valence-electron chi connectivity index (χ1n) is 6.75. The van der Waals surface area contributed by atoms with E-state index in [1.54, 1.807) is 0 Å². The molecule has 0 fully saturated rings. The van der Waals surface area contributed by atoms with E-state index in [0.29, 0.717) is 16.9 Å². The summed E-state index contributed by atoms with van der Waals surface area (Å²) >= 11 is 0. The average Bonchev–Trinajstić information content (AvgIpc) is 3.32. The number of aromatic hydroxyl groups is 2. The van der Waals surface area contributed by atoms with Crippen molar-refractivity contribution in [2.24, 2.45) is 0 Å². The van der Waals surface area contributed by atoms with Crippen LogP contribution in [0.15, 0.2) is 48.5 Å². The summed E-state index contributed by atoms with van der Waals surface area (Å²) in [4.78, 5) is 0. The maximum atomic E-state index is 10.1. The molecule has 21 heavy (non-hydrogen) atoms. The van der Waals surface area contributed by atoms with Crippen LogP contribution in [0.4, 0.5) is 0 Å². The molecular formula is C18H10O3. The quantitative estimate of drug-likeness (QED) is 0.245. The van der Waals surface area contributed by atoms with E-state index in [2.05, 4.69) is 18.2 Å². The fourth-order valence-corrected chi connectivity index (χ4v) is 3.16. The van der Waals surface area contributed by atoms with Crippen LogP contribution in [0.5, 0.6) is 23.0 Å². The van der Waals surface area contributed by atoms with E-state index in [1.165, 1.54) is 10.8 Å². The largest absolute Gasteiger partial charge is 0.504 e. The molecule has 3 nitrogen and oxygen atoms in total. The van der Waals surface area contributed by atoms with Crippen LogP contribution >= 0.6 is 0 Å². The Morgan fingerprint density at radius 2 is 1.38 bits per heavy atom. The van der Waals surface area contributed by atoms with E-state index in [0.717, 1.165) is 16.2 Å². The van der Waals surface area contributed by atoms with Crippen molar-refractivity contribution in [3.05, 3.63) is 48.5 Å². The number of phenolic OH excluding ortho intramolecular Hbond substituents is 2. The van der Waals surface area contributed by atoms with Gasteiger partial charge in [0.2, 0.25) is 11.5 Å². The van der Waals surface area contributed by atoms with Gasteiger partial charge in [0.25, 0.3) is 0 Å². The molecule has 2 N–H and O–H groups in total.